The van der Waals surface area contributed by atoms with Gasteiger partial charge in [-0.15, -0.1) is 0 Å². The molecule has 1 saturated heterocycles. The lowest BCUT2D eigenvalue weighted by atomic mass is 10.0. The van der Waals surface area contributed by atoms with Crippen molar-refractivity contribution in [3.8, 4) is 0 Å². The number of carbonyl (C=O) groups excluding carboxylic acids is 1. The van der Waals surface area contributed by atoms with Gasteiger partial charge in [0.15, 0.2) is 0 Å². The molecule has 1 fully saturated rings. The predicted octanol–water partition coefficient (Wildman–Crippen LogP) is 3.74. The van der Waals surface area contributed by atoms with Crippen molar-refractivity contribution in [1.29, 1.82) is 0 Å². The zero-order valence-electron chi connectivity index (χ0n) is 10.3. The van der Waals surface area contributed by atoms with E-state index < -0.39 is 0 Å². The summed E-state index contributed by atoms with van der Waals surface area (Å²) in [5, 5.41) is 2.91. The summed E-state index contributed by atoms with van der Waals surface area (Å²) < 4.78 is 6.52. The number of carbonyl (C=O) groups is 1. The quantitative estimate of drug-likeness (QED) is 0.920. The Morgan fingerprint density at radius 3 is 2.94 bits per heavy atom. The molecule has 3 nitrogen and oxygen atoms in total. The Kier molecular flexibility index (Phi) is 5.20. The van der Waals surface area contributed by atoms with E-state index >= 15 is 0 Å². The van der Waals surface area contributed by atoms with Crippen LogP contribution in [0.2, 0.25) is 0 Å². The fraction of sp³-hybridized carbons (Fsp3) is 0.500. The molecule has 0 radical (unpaired) electrons. The van der Waals surface area contributed by atoms with Gasteiger partial charge in [0, 0.05) is 17.5 Å². The second-order valence-electron chi connectivity index (χ2n) is 4.56. The molecule has 0 saturated carbocycles. The topological polar surface area (TPSA) is 38.3 Å². The van der Waals surface area contributed by atoms with Crippen molar-refractivity contribution in [2.45, 2.75) is 38.2 Å². The van der Waals surface area contributed by atoms with Gasteiger partial charge < -0.3 is 10.1 Å². The van der Waals surface area contributed by atoms with E-state index in [-0.39, 0.29) is 12.0 Å². The fourth-order valence-corrected chi connectivity index (χ4v) is 2.49. The monoisotopic (exact) mass is 311 g/mol. The molecule has 1 aromatic carbocycles. The standard InChI is InChI=1S/C14H18BrNO2/c15-12-6-1-2-7-13(12)16-14(17)9-8-11-5-3-4-10-18-11/h1-2,6-7,11H,3-5,8-10H2,(H,16,17). The van der Waals surface area contributed by atoms with Gasteiger partial charge in [-0.3, -0.25) is 4.79 Å². The van der Waals surface area contributed by atoms with Gasteiger partial charge in [0.05, 0.1) is 11.8 Å². The van der Waals surface area contributed by atoms with Gasteiger partial charge in [-0.1, -0.05) is 12.1 Å². The van der Waals surface area contributed by atoms with Crippen LogP contribution in [0.15, 0.2) is 28.7 Å². The first-order valence-electron chi connectivity index (χ1n) is 6.41. The highest BCUT2D eigenvalue weighted by molar-refractivity contribution is 9.10. The van der Waals surface area contributed by atoms with Gasteiger partial charge in [0.25, 0.3) is 0 Å². The molecule has 1 unspecified atom stereocenters. The van der Waals surface area contributed by atoms with Crippen molar-refractivity contribution in [2.75, 3.05) is 11.9 Å². The molecule has 0 aliphatic carbocycles. The highest BCUT2D eigenvalue weighted by Crippen LogP contribution is 2.22. The Balaban J connectivity index is 1.76. The lowest BCUT2D eigenvalue weighted by Crippen LogP contribution is -2.21. The van der Waals surface area contributed by atoms with Crippen molar-refractivity contribution in [3.05, 3.63) is 28.7 Å². The van der Waals surface area contributed by atoms with Gasteiger partial charge in [-0.25, -0.2) is 0 Å². The lowest BCUT2D eigenvalue weighted by Gasteiger charge is -2.22. The van der Waals surface area contributed by atoms with E-state index in [1.807, 2.05) is 24.3 Å². The molecular weight excluding hydrogens is 294 g/mol. The Labute approximate surface area is 116 Å². The van der Waals surface area contributed by atoms with E-state index in [1.165, 1.54) is 6.42 Å². The SMILES string of the molecule is O=C(CCC1CCCCO1)Nc1ccccc1Br. The van der Waals surface area contributed by atoms with Crippen LogP contribution in [0.1, 0.15) is 32.1 Å². The number of nitrogens with one attached hydrogen (secondary N) is 1. The molecule has 1 atom stereocenters. The van der Waals surface area contributed by atoms with Crippen LogP contribution in [0.25, 0.3) is 0 Å². The maximum absolute atomic E-state index is 11.8. The van der Waals surface area contributed by atoms with Gasteiger partial charge in [-0.2, -0.15) is 0 Å². The van der Waals surface area contributed by atoms with E-state index in [4.69, 9.17) is 4.74 Å². The zero-order valence-corrected chi connectivity index (χ0v) is 11.9. The average molecular weight is 312 g/mol. The third kappa shape index (κ3) is 4.10. The Bertz CT molecular complexity index is 403. The molecular formula is C14H18BrNO2. The highest BCUT2D eigenvalue weighted by Gasteiger charge is 2.15. The van der Waals surface area contributed by atoms with Crippen LogP contribution >= 0.6 is 15.9 Å². The first-order chi connectivity index (χ1) is 8.75. The van der Waals surface area contributed by atoms with E-state index in [1.54, 1.807) is 0 Å². The minimum atomic E-state index is 0.0519. The van der Waals surface area contributed by atoms with Crippen molar-refractivity contribution in [1.82, 2.24) is 0 Å². The molecule has 4 heteroatoms. The molecule has 1 aliphatic rings. The summed E-state index contributed by atoms with van der Waals surface area (Å²) in [6.07, 6.45) is 5.06. The maximum Gasteiger partial charge on any atom is 0.224 e. The molecule has 0 bridgehead atoms. The summed E-state index contributed by atoms with van der Waals surface area (Å²) in [4.78, 5) is 11.8. The van der Waals surface area contributed by atoms with Crippen molar-refractivity contribution < 1.29 is 9.53 Å². The van der Waals surface area contributed by atoms with Gasteiger partial charge in [0.2, 0.25) is 5.91 Å². The number of benzene rings is 1. The van der Waals surface area contributed by atoms with E-state index in [0.717, 1.165) is 36.0 Å². The third-order valence-electron chi connectivity index (χ3n) is 3.12. The predicted molar refractivity (Wildman–Crippen MR) is 75.6 cm³/mol. The van der Waals surface area contributed by atoms with Crippen LogP contribution in [0.5, 0.6) is 0 Å². The molecule has 2 rings (SSSR count). The first kappa shape index (κ1) is 13.6. The number of para-hydroxylation sites is 1. The van der Waals surface area contributed by atoms with Crippen LogP contribution in [0, 0.1) is 0 Å². The normalized spacial score (nSPS) is 19.5. The number of anilines is 1. The lowest BCUT2D eigenvalue weighted by molar-refractivity contribution is -0.117. The highest BCUT2D eigenvalue weighted by atomic mass is 79.9. The second-order valence-corrected chi connectivity index (χ2v) is 5.41. The number of amides is 1. The number of hydrogen-bond acceptors (Lipinski definition) is 2. The fourth-order valence-electron chi connectivity index (χ4n) is 2.10. The molecule has 0 aromatic heterocycles. The van der Waals surface area contributed by atoms with Crippen LogP contribution in [-0.4, -0.2) is 18.6 Å². The summed E-state index contributed by atoms with van der Waals surface area (Å²) in [5.41, 5.74) is 0.826. The molecule has 98 valence electrons. The largest absolute Gasteiger partial charge is 0.378 e. The maximum atomic E-state index is 11.8. The van der Waals surface area contributed by atoms with E-state index in [0.29, 0.717) is 6.42 Å². The van der Waals surface area contributed by atoms with E-state index in [2.05, 4.69) is 21.2 Å². The molecule has 1 aromatic rings. The molecule has 1 amide bonds. The Morgan fingerprint density at radius 2 is 2.22 bits per heavy atom. The smallest absolute Gasteiger partial charge is 0.224 e. The van der Waals surface area contributed by atoms with Crippen LogP contribution in [-0.2, 0) is 9.53 Å². The van der Waals surface area contributed by atoms with Gasteiger partial charge in [-0.05, 0) is 53.7 Å². The number of halogens is 1. The minimum absolute atomic E-state index is 0.0519. The molecule has 1 heterocycles. The van der Waals surface area contributed by atoms with Crippen LogP contribution in [0.3, 0.4) is 0 Å². The third-order valence-corrected chi connectivity index (χ3v) is 3.81. The minimum Gasteiger partial charge on any atom is -0.378 e. The van der Waals surface area contributed by atoms with Crippen molar-refractivity contribution in [3.63, 3.8) is 0 Å². The van der Waals surface area contributed by atoms with Crippen molar-refractivity contribution >= 4 is 27.5 Å². The van der Waals surface area contributed by atoms with Gasteiger partial charge >= 0.3 is 0 Å². The average Bonchev–Trinajstić information content (AvgIpc) is 2.40. The summed E-state index contributed by atoms with van der Waals surface area (Å²) in [7, 11) is 0. The van der Waals surface area contributed by atoms with Crippen LogP contribution in [0.4, 0.5) is 5.69 Å². The Hall–Kier alpha value is -0.870. The van der Waals surface area contributed by atoms with Gasteiger partial charge in [0.1, 0.15) is 0 Å². The van der Waals surface area contributed by atoms with Crippen LogP contribution < -0.4 is 5.32 Å². The number of rotatable bonds is 4. The number of hydrogen-bond donors (Lipinski definition) is 1. The molecule has 0 spiro atoms. The second kappa shape index (κ2) is 6.90. The van der Waals surface area contributed by atoms with E-state index in [9.17, 15) is 4.79 Å². The summed E-state index contributed by atoms with van der Waals surface area (Å²) >= 11 is 3.41. The zero-order chi connectivity index (χ0) is 12.8. The summed E-state index contributed by atoms with van der Waals surface area (Å²) in [6.45, 7) is 0.844. The summed E-state index contributed by atoms with van der Waals surface area (Å²) in [6, 6.07) is 7.64. The summed E-state index contributed by atoms with van der Waals surface area (Å²) in [5.74, 6) is 0.0519. The Morgan fingerprint density at radius 1 is 1.39 bits per heavy atom. The molecule has 18 heavy (non-hydrogen) atoms. The first-order valence-corrected chi connectivity index (χ1v) is 7.21. The molecule has 1 N–H and O–H groups in total. The van der Waals surface area contributed by atoms with Crippen molar-refractivity contribution in [2.24, 2.45) is 0 Å². The molecule has 1 aliphatic heterocycles. The number of ether oxygens (including phenoxy) is 1.